The van der Waals surface area contributed by atoms with Gasteiger partial charge in [0, 0.05) is 24.5 Å². The number of hydrogen-bond acceptors (Lipinski definition) is 3. The van der Waals surface area contributed by atoms with Gasteiger partial charge in [-0.3, -0.25) is 14.2 Å². The van der Waals surface area contributed by atoms with E-state index in [9.17, 15) is 4.79 Å². The van der Waals surface area contributed by atoms with Crippen molar-refractivity contribution < 1.29 is 4.79 Å². The summed E-state index contributed by atoms with van der Waals surface area (Å²) in [5.41, 5.74) is 4.39. The average molecular weight is 320 g/mol. The molecule has 0 saturated heterocycles. The van der Waals surface area contributed by atoms with E-state index in [1.165, 1.54) is 5.56 Å². The molecular weight excluding hydrogens is 300 g/mol. The molecule has 0 aliphatic carbocycles. The molecule has 2 aromatic heterocycles. The highest BCUT2D eigenvalue weighted by atomic mass is 16.1. The molecule has 3 rings (SSSR count). The van der Waals surface area contributed by atoms with Crippen molar-refractivity contribution in [2.75, 3.05) is 0 Å². The van der Waals surface area contributed by atoms with Gasteiger partial charge < -0.3 is 0 Å². The molecule has 0 fully saturated rings. The summed E-state index contributed by atoms with van der Waals surface area (Å²) in [6.07, 6.45) is 7.07. The summed E-state index contributed by atoms with van der Waals surface area (Å²) in [4.78, 5) is 12.4. The van der Waals surface area contributed by atoms with Crippen LogP contribution < -0.4 is 0 Å². The minimum atomic E-state index is -0.0334. The second-order valence-corrected chi connectivity index (χ2v) is 5.82. The molecule has 3 aromatic rings. The van der Waals surface area contributed by atoms with Crippen molar-refractivity contribution in [1.82, 2.24) is 19.6 Å². The lowest BCUT2D eigenvalue weighted by molar-refractivity contribution is 0.104. The summed E-state index contributed by atoms with van der Waals surface area (Å²) >= 11 is 0. The van der Waals surface area contributed by atoms with Crippen LogP contribution in [0.15, 0.2) is 48.8 Å². The number of hydrogen-bond donors (Lipinski definition) is 0. The Balaban J connectivity index is 1.72. The van der Waals surface area contributed by atoms with Crippen molar-refractivity contribution in [3.8, 4) is 0 Å². The largest absolute Gasteiger partial charge is 0.289 e. The summed E-state index contributed by atoms with van der Waals surface area (Å²) in [6, 6.07) is 10.1. The van der Waals surface area contributed by atoms with Crippen LogP contribution in [0.25, 0.3) is 6.08 Å². The number of allylic oxidation sites excluding steroid dienone is 1. The fourth-order valence-corrected chi connectivity index (χ4v) is 2.71. The second kappa shape index (κ2) is 6.66. The first-order chi connectivity index (χ1) is 11.5. The van der Waals surface area contributed by atoms with Gasteiger partial charge in [-0.25, -0.2) is 0 Å². The molecule has 2 heterocycles. The zero-order chi connectivity index (χ0) is 17.1. The molecule has 5 nitrogen and oxygen atoms in total. The number of carbonyl (C=O) groups is 1. The van der Waals surface area contributed by atoms with Gasteiger partial charge in [0.2, 0.25) is 0 Å². The second-order valence-electron chi connectivity index (χ2n) is 5.82. The molecule has 0 aliphatic rings. The third kappa shape index (κ3) is 3.35. The first kappa shape index (κ1) is 15.9. The maximum atomic E-state index is 12.4. The minimum absolute atomic E-state index is 0.0334. The van der Waals surface area contributed by atoms with Gasteiger partial charge in [0.05, 0.1) is 24.0 Å². The normalized spacial score (nSPS) is 11.3. The zero-order valence-electron chi connectivity index (χ0n) is 14.1. The van der Waals surface area contributed by atoms with Crippen LogP contribution in [0.3, 0.4) is 0 Å². The Hall–Kier alpha value is -2.95. The summed E-state index contributed by atoms with van der Waals surface area (Å²) in [5, 5.41) is 8.62. The summed E-state index contributed by atoms with van der Waals surface area (Å²) < 4.78 is 3.59. The zero-order valence-corrected chi connectivity index (χ0v) is 14.1. The smallest absolute Gasteiger partial charge is 0.189 e. The topological polar surface area (TPSA) is 52.7 Å². The fraction of sp³-hybridized carbons (Fsp3) is 0.211. The molecule has 0 N–H and O–H groups in total. The van der Waals surface area contributed by atoms with Gasteiger partial charge in [0.25, 0.3) is 0 Å². The highest BCUT2D eigenvalue weighted by Crippen LogP contribution is 2.14. The minimum Gasteiger partial charge on any atom is -0.289 e. The first-order valence-corrected chi connectivity index (χ1v) is 7.83. The van der Waals surface area contributed by atoms with Gasteiger partial charge in [0.15, 0.2) is 5.78 Å². The third-order valence-corrected chi connectivity index (χ3v) is 4.02. The Morgan fingerprint density at radius 3 is 2.62 bits per heavy atom. The van der Waals surface area contributed by atoms with Gasteiger partial charge in [-0.2, -0.15) is 10.2 Å². The lowest BCUT2D eigenvalue weighted by Gasteiger charge is -2.00. The molecule has 24 heavy (non-hydrogen) atoms. The lowest BCUT2D eigenvalue weighted by Crippen LogP contribution is -1.99. The van der Waals surface area contributed by atoms with E-state index in [2.05, 4.69) is 22.3 Å². The van der Waals surface area contributed by atoms with E-state index in [0.717, 1.165) is 17.0 Å². The molecular formula is C19H20N4O. The van der Waals surface area contributed by atoms with Crippen LogP contribution in [0, 0.1) is 13.8 Å². The van der Waals surface area contributed by atoms with Crippen LogP contribution in [-0.4, -0.2) is 25.3 Å². The summed E-state index contributed by atoms with van der Waals surface area (Å²) in [7, 11) is 1.84. The third-order valence-electron chi connectivity index (χ3n) is 4.02. The molecule has 0 atom stereocenters. The van der Waals surface area contributed by atoms with E-state index in [-0.39, 0.29) is 5.78 Å². The highest BCUT2D eigenvalue weighted by molar-refractivity contribution is 6.08. The number of benzene rings is 1. The number of aromatic nitrogens is 4. The first-order valence-electron chi connectivity index (χ1n) is 7.83. The van der Waals surface area contributed by atoms with Crippen molar-refractivity contribution in [2.24, 2.45) is 7.05 Å². The van der Waals surface area contributed by atoms with Crippen LogP contribution in [0.2, 0.25) is 0 Å². The molecule has 0 radical (unpaired) electrons. The molecule has 0 bridgehead atoms. The van der Waals surface area contributed by atoms with E-state index in [1.54, 1.807) is 23.0 Å². The van der Waals surface area contributed by atoms with Crippen molar-refractivity contribution in [3.05, 3.63) is 76.9 Å². The van der Waals surface area contributed by atoms with Crippen LogP contribution in [0.4, 0.5) is 0 Å². The van der Waals surface area contributed by atoms with Gasteiger partial charge in [-0.1, -0.05) is 30.3 Å². The predicted molar refractivity (Wildman–Crippen MR) is 93.8 cm³/mol. The van der Waals surface area contributed by atoms with E-state index in [0.29, 0.717) is 12.1 Å². The van der Waals surface area contributed by atoms with Crippen molar-refractivity contribution in [1.29, 1.82) is 0 Å². The van der Waals surface area contributed by atoms with Crippen LogP contribution in [-0.2, 0) is 13.6 Å². The quantitative estimate of drug-likeness (QED) is 0.536. The maximum absolute atomic E-state index is 12.4. The van der Waals surface area contributed by atoms with Crippen LogP contribution in [0.1, 0.15) is 32.9 Å². The Labute approximate surface area is 141 Å². The number of nitrogens with zero attached hydrogens (tertiary/aromatic N) is 4. The van der Waals surface area contributed by atoms with Gasteiger partial charge in [-0.15, -0.1) is 0 Å². The number of rotatable bonds is 5. The maximum Gasteiger partial charge on any atom is 0.189 e. The predicted octanol–water partition coefficient (Wildman–Crippen LogP) is 3.18. The SMILES string of the molecule is Cc1nn(C)c(C)c1C(=O)/C=C\c1cnn(Cc2ccccc2)c1. The molecule has 0 amide bonds. The van der Waals surface area contributed by atoms with E-state index in [1.807, 2.05) is 50.0 Å². The highest BCUT2D eigenvalue weighted by Gasteiger charge is 2.14. The van der Waals surface area contributed by atoms with Crippen molar-refractivity contribution in [3.63, 3.8) is 0 Å². The number of carbonyl (C=O) groups excluding carboxylic acids is 1. The molecule has 0 saturated carbocycles. The van der Waals surface area contributed by atoms with E-state index >= 15 is 0 Å². The van der Waals surface area contributed by atoms with Gasteiger partial charge >= 0.3 is 0 Å². The van der Waals surface area contributed by atoms with Crippen LogP contribution >= 0.6 is 0 Å². The Bertz CT molecular complexity index is 887. The summed E-state index contributed by atoms with van der Waals surface area (Å²) in [6.45, 7) is 4.47. The number of ketones is 1. The standard InChI is InChI=1S/C19H20N4O/c1-14-19(15(2)22(3)21-14)18(24)10-9-17-11-20-23(13-17)12-16-7-5-4-6-8-16/h4-11,13H,12H2,1-3H3/b10-9-. The Morgan fingerprint density at radius 2 is 1.96 bits per heavy atom. The fourth-order valence-electron chi connectivity index (χ4n) is 2.71. The Morgan fingerprint density at radius 1 is 1.21 bits per heavy atom. The molecule has 1 aromatic carbocycles. The summed E-state index contributed by atoms with van der Waals surface area (Å²) in [5.74, 6) is -0.0334. The van der Waals surface area contributed by atoms with Gasteiger partial charge in [-0.05, 0) is 31.6 Å². The van der Waals surface area contributed by atoms with Gasteiger partial charge in [0.1, 0.15) is 0 Å². The van der Waals surface area contributed by atoms with Crippen LogP contribution in [0.5, 0.6) is 0 Å². The average Bonchev–Trinajstić information content (AvgIpc) is 3.11. The molecule has 5 heteroatoms. The number of aryl methyl sites for hydroxylation is 2. The lowest BCUT2D eigenvalue weighted by atomic mass is 10.1. The Kier molecular flexibility index (Phi) is 4.42. The molecule has 0 unspecified atom stereocenters. The molecule has 0 spiro atoms. The van der Waals surface area contributed by atoms with E-state index < -0.39 is 0 Å². The molecule has 0 aliphatic heterocycles. The monoisotopic (exact) mass is 320 g/mol. The van der Waals surface area contributed by atoms with Crippen molar-refractivity contribution >= 4 is 11.9 Å². The molecule has 122 valence electrons. The van der Waals surface area contributed by atoms with E-state index in [4.69, 9.17) is 0 Å². The van der Waals surface area contributed by atoms with Crippen molar-refractivity contribution in [2.45, 2.75) is 20.4 Å².